The summed E-state index contributed by atoms with van der Waals surface area (Å²) in [6.45, 7) is 13.7. The molecule has 2 aromatic heterocycles. The molecule has 4 N–H and O–H groups in total. The van der Waals surface area contributed by atoms with Gasteiger partial charge in [-0.25, -0.2) is 44.3 Å². The predicted octanol–water partition coefficient (Wildman–Crippen LogP) is 3.88. The molecule has 2 heterocycles. The molecule has 0 fully saturated rings. The minimum absolute atomic E-state index is 0.0493. The number of aryl methyl sites for hydroxylation is 2. The number of hydrogen-bond donors (Lipinski definition) is 4. The molecule has 0 unspecified atom stereocenters. The van der Waals surface area contributed by atoms with Crippen molar-refractivity contribution in [1.29, 1.82) is 0 Å². The first kappa shape index (κ1) is 46.7. The summed E-state index contributed by atoms with van der Waals surface area (Å²) in [5.74, 6) is -1.28. The van der Waals surface area contributed by atoms with Gasteiger partial charge in [0.15, 0.2) is 0 Å². The maximum atomic E-state index is 13.3. The predicted molar refractivity (Wildman–Crippen MR) is 221 cm³/mol. The van der Waals surface area contributed by atoms with E-state index in [9.17, 15) is 36.0 Å². The maximum absolute atomic E-state index is 13.3. The smallest absolute Gasteiger partial charge is 0.408 e. The third-order valence-electron chi connectivity index (χ3n) is 8.22. The van der Waals surface area contributed by atoms with Crippen LogP contribution < -0.4 is 21.3 Å². The molecule has 2 aromatic carbocycles. The number of imidazole rings is 2. The number of carbonyl (C=O) groups excluding carboxylic acids is 4. The van der Waals surface area contributed by atoms with Crippen molar-refractivity contribution in [3.63, 3.8) is 0 Å². The highest BCUT2D eigenvalue weighted by Crippen LogP contribution is 2.18. The molecule has 0 saturated heterocycles. The Hall–Kier alpha value is -6.02. The van der Waals surface area contributed by atoms with E-state index in [1.165, 1.54) is 42.9 Å². The molecule has 0 aliphatic carbocycles. The maximum Gasteiger partial charge on any atom is 0.408 e. The van der Waals surface area contributed by atoms with Crippen LogP contribution >= 0.6 is 0 Å². The fourth-order valence-corrected chi connectivity index (χ4v) is 7.60. The Morgan fingerprint density at radius 1 is 0.667 bits per heavy atom. The lowest BCUT2D eigenvalue weighted by Gasteiger charge is -2.23. The molecule has 0 saturated carbocycles. The molecule has 4 aromatic rings. The van der Waals surface area contributed by atoms with E-state index in [0.29, 0.717) is 0 Å². The van der Waals surface area contributed by atoms with Crippen LogP contribution in [0.2, 0.25) is 0 Å². The molecule has 20 heteroatoms. The van der Waals surface area contributed by atoms with Gasteiger partial charge in [0.2, 0.25) is 11.8 Å². The lowest BCUT2D eigenvalue weighted by atomic mass is 10.1. The number of benzene rings is 2. The fraction of sp³-hybridized carbons (Fsp3) is 0.400. The van der Waals surface area contributed by atoms with Crippen molar-refractivity contribution in [3.05, 3.63) is 108 Å². The average molecular weight is 869 g/mol. The third-order valence-corrected chi connectivity index (χ3v) is 11.5. The molecule has 60 heavy (non-hydrogen) atoms. The number of rotatable bonds is 16. The number of ether oxygens (including phenoxy) is 2. The first-order chi connectivity index (χ1) is 27.9. The quantitative estimate of drug-likeness (QED) is 0.117. The standard InChI is InChI=1S/C40H52N8O10S2/c1-27-11-15-31(16-12-27)59(53,54)47-23-29(43-25-47)21-33(45-37(51)57-39(3,4)5)35(49)41-19-9-10-20-42-36(50)34(46-38(52)58-40(6,7)8)22-30-24-48(26-44-30)60(55,56)32-17-13-28(2)14-18-32/h9,11-19,23-26,33-34H,10,20-22H2,1-8H3,(H,41,49)(H,42,50)(H,45,51)(H,46,52)/b19-9-/t33-,34-/m0/s1. The van der Waals surface area contributed by atoms with E-state index in [0.717, 1.165) is 31.7 Å². The fourth-order valence-electron chi connectivity index (χ4n) is 5.29. The van der Waals surface area contributed by atoms with Crippen LogP contribution in [-0.4, -0.2) is 88.6 Å². The van der Waals surface area contributed by atoms with Gasteiger partial charge in [-0.2, -0.15) is 0 Å². The average Bonchev–Trinajstić information content (AvgIpc) is 3.82. The second-order valence-corrected chi connectivity index (χ2v) is 19.5. The molecule has 0 aliphatic rings. The van der Waals surface area contributed by atoms with Crippen molar-refractivity contribution in [2.45, 2.75) is 108 Å². The van der Waals surface area contributed by atoms with Crippen LogP contribution in [0.3, 0.4) is 0 Å². The molecular formula is C40H52N8O10S2. The molecule has 0 spiro atoms. The molecule has 4 rings (SSSR count). The van der Waals surface area contributed by atoms with Crippen LogP contribution in [0.15, 0.2) is 95.6 Å². The third kappa shape index (κ3) is 13.8. The number of nitrogens with one attached hydrogen (secondary N) is 4. The van der Waals surface area contributed by atoms with Crippen LogP contribution in [0.5, 0.6) is 0 Å². The lowest BCUT2D eigenvalue weighted by molar-refractivity contribution is -0.123. The zero-order valence-corrected chi connectivity index (χ0v) is 36.4. The second kappa shape index (κ2) is 19.4. The van der Waals surface area contributed by atoms with Gasteiger partial charge in [-0.15, -0.1) is 0 Å². The first-order valence-corrected chi connectivity index (χ1v) is 21.7. The van der Waals surface area contributed by atoms with Gasteiger partial charge in [0.05, 0.1) is 21.2 Å². The van der Waals surface area contributed by atoms with Crippen molar-refractivity contribution in [1.82, 2.24) is 39.2 Å². The summed E-state index contributed by atoms with van der Waals surface area (Å²) in [6, 6.07) is 10.1. The van der Waals surface area contributed by atoms with Crippen molar-refractivity contribution >= 4 is 44.0 Å². The summed E-state index contributed by atoms with van der Waals surface area (Å²) in [7, 11) is -7.94. The van der Waals surface area contributed by atoms with Crippen molar-refractivity contribution in [2.24, 2.45) is 0 Å². The highest BCUT2D eigenvalue weighted by atomic mass is 32.2. The number of nitrogens with zero attached hydrogens (tertiary/aromatic N) is 4. The Morgan fingerprint density at radius 2 is 1.07 bits per heavy atom. The molecule has 18 nitrogen and oxygen atoms in total. The van der Waals surface area contributed by atoms with Gasteiger partial charge < -0.3 is 30.7 Å². The molecule has 324 valence electrons. The SMILES string of the molecule is Cc1ccc(S(=O)(=O)n2cnc(C[C@H](NC(=O)OC(C)(C)C)C(=O)N/C=C\CCNC(=O)[C@H](Cc3cn(S(=O)(=O)c4ccc(C)cc4)cn3)NC(=O)OC(C)(C)C)c2)cc1. The van der Waals surface area contributed by atoms with Gasteiger partial charge in [-0.3, -0.25) is 9.59 Å². The Kier molecular flexibility index (Phi) is 15.1. The zero-order valence-electron chi connectivity index (χ0n) is 34.8. The Balaban J connectivity index is 1.39. The summed E-state index contributed by atoms with van der Waals surface area (Å²) >= 11 is 0. The van der Waals surface area contributed by atoms with Gasteiger partial charge in [0, 0.05) is 31.8 Å². The monoisotopic (exact) mass is 868 g/mol. The molecule has 4 amide bonds. The lowest BCUT2D eigenvalue weighted by Crippen LogP contribution is -2.49. The van der Waals surface area contributed by atoms with E-state index in [-0.39, 0.29) is 47.0 Å². The molecule has 0 radical (unpaired) electrons. The van der Waals surface area contributed by atoms with Gasteiger partial charge in [0.1, 0.15) is 35.9 Å². The molecule has 2 atom stereocenters. The normalized spacial score (nSPS) is 13.3. The summed E-state index contributed by atoms with van der Waals surface area (Å²) < 4.78 is 65.2. The van der Waals surface area contributed by atoms with Crippen LogP contribution in [0.25, 0.3) is 0 Å². The topological polar surface area (TPSA) is 239 Å². The Morgan fingerprint density at radius 3 is 1.47 bits per heavy atom. The van der Waals surface area contributed by atoms with Crippen molar-refractivity contribution in [2.75, 3.05) is 6.54 Å². The van der Waals surface area contributed by atoms with Crippen LogP contribution in [0.4, 0.5) is 9.59 Å². The zero-order chi connectivity index (χ0) is 44.5. The van der Waals surface area contributed by atoms with Gasteiger partial charge in [-0.1, -0.05) is 41.5 Å². The van der Waals surface area contributed by atoms with E-state index >= 15 is 0 Å². The van der Waals surface area contributed by atoms with E-state index in [4.69, 9.17) is 9.47 Å². The second-order valence-electron chi connectivity index (χ2n) is 15.8. The number of alkyl carbamates (subject to hydrolysis) is 2. The Bertz CT molecular complexity index is 2390. The van der Waals surface area contributed by atoms with Crippen molar-refractivity contribution < 1.29 is 45.5 Å². The van der Waals surface area contributed by atoms with E-state index in [1.807, 2.05) is 13.8 Å². The summed E-state index contributed by atoms with van der Waals surface area (Å²) in [5.41, 5.74) is 0.438. The minimum Gasteiger partial charge on any atom is -0.444 e. The molecular weight excluding hydrogens is 817 g/mol. The highest BCUT2D eigenvalue weighted by Gasteiger charge is 2.28. The summed E-state index contributed by atoms with van der Waals surface area (Å²) in [6.07, 6.45) is 5.71. The summed E-state index contributed by atoms with van der Waals surface area (Å²) in [4.78, 5) is 60.4. The molecule has 0 bridgehead atoms. The van der Waals surface area contributed by atoms with E-state index in [1.54, 1.807) is 71.9 Å². The summed E-state index contributed by atoms with van der Waals surface area (Å²) in [5, 5.41) is 10.3. The first-order valence-electron chi connectivity index (χ1n) is 18.9. The van der Waals surface area contributed by atoms with E-state index < -0.39 is 67.3 Å². The van der Waals surface area contributed by atoms with Crippen LogP contribution in [0, 0.1) is 13.8 Å². The van der Waals surface area contributed by atoms with Crippen LogP contribution in [0.1, 0.15) is 70.5 Å². The van der Waals surface area contributed by atoms with Gasteiger partial charge >= 0.3 is 12.2 Å². The van der Waals surface area contributed by atoms with E-state index in [2.05, 4.69) is 31.2 Å². The number of carbonyl (C=O) groups is 4. The number of amides is 4. The van der Waals surface area contributed by atoms with Crippen LogP contribution in [-0.2, 0) is 52.0 Å². The highest BCUT2D eigenvalue weighted by molar-refractivity contribution is 7.90. The van der Waals surface area contributed by atoms with Gasteiger partial charge in [-0.05, 0) is 92.3 Å². The largest absolute Gasteiger partial charge is 0.444 e. The number of aromatic nitrogens is 4. The molecule has 0 aliphatic heterocycles. The van der Waals surface area contributed by atoms with Gasteiger partial charge in [0.25, 0.3) is 20.0 Å². The number of hydrogen-bond acceptors (Lipinski definition) is 12. The minimum atomic E-state index is -3.97. The Labute approximate surface area is 350 Å². The van der Waals surface area contributed by atoms with Crippen molar-refractivity contribution in [3.8, 4) is 0 Å².